The van der Waals surface area contributed by atoms with E-state index in [4.69, 9.17) is 11.6 Å². The topological polar surface area (TPSA) is 74.6 Å². The Morgan fingerprint density at radius 1 is 1.28 bits per heavy atom. The Kier molecular flexibility index (Phi) is 6.86. The molecule has 6 heteroatoms. The summed E-state index contributed by atoms with van der Waals surface area (Å²) in [5.74, 6) is -0.0280. The van der Waals surface area contributed by atoms with Crippen molar-refractivity contribution in [2.45, 2.75) is 55.6 Å². The summed E-state index contributed by atoms with van der Waals surface area (Å²) in [6.45, 7) is 2.01. The van der Waals surface area contributed by atoms with Crippen LogP contribution >= 0.6 is 11.6 Å². The number of sulfone groups is 1. The fourth-order valence-electron chi connectivity index (χ4n) is 2.88. The molecule has 0 fully saturated rings. The van der Waals surface area contributed by atoms with E-state index in [1.165, 1.54) is 12.1 Å². The van der Waals surface area contributed by atoms with Crippen molar-refractivity contribution in [1.82, 2.24) is 0 Å². The highest BCUT2D eigenvalue weighted by atomic mass is 35.5. The van der Waals surface area contributed by atoms with Crippen LogP contribution in [0.5, 0.6) is 0 Å². The molecule has 0 saturated carbocycles. The first-order valence-electron chi connectivity index (χ1n) is 8.54. The fraction of sp³-hybridized carbons (Fsp3) is 0.474. The Bertz CT molecular complexity index is 737. The molecule has 1 aromatic rings. The molecular weight excluding hydrogens is 360 g/mol. The molecule has 0 amide bonds. The minimum Gasteiger partial charge on any atom is -0.388 e. The second-order valence-electron chi connectivity index (χ2n) is 6.53. The van der Waals surface area contributed by atoms with Crippen LogP contribution in [0.1, 0.15) is 39.0 Å². The van der Waals surface area contributed by atoms with Gasteiger partial charge in [0.1, 0.15) is 0 Å². The third kappa shape index (κ3) is 5.68. The Balaban J connectivity index is 1.89. The maximum Gasteiger partial charge on any atom is 0.178 e. The van der Waals surface area contributed by atoms with Crippen LogP contribution in [0.4, 0.5) is 0 Å². The minimum absolute atomic E-state index is 0.0280. The van der Waals surface area contributed by atoms with Gasteiger partial charge < -0.3 is 10.2 Å². The number of benzene rings is 1. The molecule has 0 aliphatic heterocycles. The van der Waals surface area contributed by atoms with Crippen molar-refractivity contribution in [3.8, 4) is 0 Å². The van der Waals surface area contributed by atoms with Crippen LogP contribution in [0.15, 0.2) is 53.0 Å². The van der Waals surface area contributed by atoms with Crippen molar-refractivity contribution in [3.05, 3.63) is 53.1 Å². The molecule has 1 aliphatic rings. The van der Waals surface area contributed by atoms with Crippen LogP contribution < -0.4 is 0 Å². The maximum atomic E-state index is 12.3. The van der Waals surface area contributed by atoms with E-state index in [-0.39, 0.29) is 10.6 Å². The number of hydrogen-bond donors (Lipinski definition) is 2. The first-order chi connectivity index (χ1) is 11.8. The van der Waals surface area contributed by atoms with Gasteiger partial charge in [0.25, 0.3) is 0 Å². The van der Waals surface area contributed by atoms with Crippen LogP contribution in [0, 0.1) is 0 Å². The van der Waals surface area contributed by atoms with Crippen molar-refractivity contribution < 1.29 is 18.6 Å². The molecule has 1 aromatic carbocycles. The Hall–Kier alpha value is -1.14. The van der Waals surface area contributed by atoms with E-state index in [0.717, 1.165) is 12.0 Å². The summed E-state index contributed by atoms with van der Waals surface area (Å²) < 4.78 is 24.6. The van der Waals surface area contributed by atoms with E-state index < -0.39 is 21.5 Å². The highest BCUT2D eigenvalue weighted by Gasteiger charge is 2.27. The van der Waals surface area contributed by atoms with E-state index in [1.54, 1.807) is 24.3 Å². The van der Waals surface area contributed by atoms with Gasteiger partial charge in [0.2, 0.25) is 0 Å². The first kappa shape index (κ1) is 20.2. The van der Waals surface area contributed by atoms with Gasteiger partial charge in [0.15, 0.2) is 9.84 Å². The first-order valence-corrected chi connectivity index (χ1v) is 10.6. The average Bonchev–Trinajstić information content (AvgIpc) is 2.56. The van der Waals surface area contributed by atoms with Gasteiger partial charge in [-0.05, 0) is 55.5 Å². The van der Waals surface area contributed by atoms with Gasteiger partial charge in [-0.2, -0.15) is 0 Å². The minimum atomic E-state index is -3.39. The predicted octanol–water partition coefficient (Wildman–Crippen LogP) is 3.67. The van der Waals surface area contributed by atoms with Crippen molar-refractivity contribution in [1.29, 1.82) is 0 Å². The summed E-state index contributed by atoms with van der Waals surface area (Å²) in [4.78, 5) is 0.243. The zero-order valence-electron chi connectivity index (χ0n) is 14.4. The molecule has 2 rings (SSSR count). The quantitative estimate of drug-likeness (QED) is 0.717. The highest BCUT2D eigenvalue weighted by molar-refractivity contribution is 7.91. The van der Waals surface area contributed by atoms with Gasteiger partial charge >= 0.3 is 0 Å². The molecule has 25 heavy (non-hydrogen) atoms. The van der Waals surface area contributed by atoms with Crippen molar-refractivity contribution in [3.63, 3.8) is 0 Å². The Morgan fingerprint density at radius 3 is 2.52 bits per heavy atom. The van der Waals surface area contributed by atoms with Gasteiger partial charge in [-0.15, -0.1) is 0 Å². The Labute approximate surface area is 154 Å². The summed E-state index contributed by atoms with van der Waals surface area (Å²) >= 11 is 5.78. The molecule has 1 aliphatic carbocycles. The number of hydrogen-bond acceptors (Lipinski definition) is 4. The highest BCUT2D eigenvalue weighted by Crippen LogP contribution is 2.28. The third-order valence-corrected chi connectivity index (χ3v) is 6.49. The number of rotatable bonds is 8. The lowest BCUT2D eigenvalue weighted by atomic mass is 9.86. The molecule has 0 heterocycles. The zero-order chi connectivity index (χ0) is 18.5. The molecule has 2 atom stereocenters. The van der Waals surface area contributed by atoms with Gasteiger partial charge in [0, 0.05) is 5.02 Å². The lowest BCUT2D eigenvalue weighted by Gasteiger charge is -2.27. The molecule has 0 bridgehead atoms. The Morgan fingerprint density at radius 2 is 1.96 bits per heavy atom. The second kappa shape index (κ2) is 8.49. The fourth-order valence-corrected chi connectivity index (χ4v) is 4.32. The van der Waals surface area contributed by atoms with Crippen LogP contribution in [0.25, 0.3) is 0 Å². The van der Waals surface area contributed by atoms with Crippen LogP contribution in [0.3, 0.4) is 0 Å². The molecule has 2 unspecified atom stereocenters. The van der Waals surface area contributed by atoms with Crippen molar-refractivity contribution in [2.75, 3.05) is 5.75 Å². The van der Waals surface area contributed by atoms with Crippen LogP contribution in [-0.4, -0.2) is 36.1 Å². The second-order valence-corrected chi connectivity index (χ2v) is 9.07. The van der Waals surface area contributed by atoms with Crippen molar-refractivity contribution >= 4 is 21.4 Å². The van der Waals surface area contributed by atoms with E-state index in [9.17, 15) is 18.6 Å². The lowest BCUT2D eigenvalue weighted by Crippen LogP contribution is -2.29. The summed E-state index contributed by atoms with van der Waals surface area (Å²) in [5, 5.41) is 21.1. The average molecular weight is 385 g/mol. The van der Waals surface area contributed by atoms with E-state index in [1.807, 2.05) is 13.0 Å². The molecule has 0 radical (unpaired) electrons. The SMILES string of the molecule is CCCC(O)C1=CCC(O)(CCCS(=O)(=O)c2ccc(Cl)cc2)C=C1. The van der Waals surface area contributed by atoms with E-state index in [2.05, 4.69) is 0 Å². The predicted molar refractivity (Wildman–Crippen MR) is 100 cm³/mol. The molecular formula is C19H25ClO4S. The van der Waals surface area contributed by atoms with Gasteiger partial charge in [0.05, 0.1) is 22.4 Å². The summed E-state index contributed by atoms with van der Waals surface area (Å²) in [5.41, 5.74) is -0.231. The number of aliphatic hydroxyl groups excluding tert-OH is 1. The smallest absolute Gasteiger partial charge is 0.178 e. The summed E-state index contributed by atoms with van der Waals surface area (Å²) in [6, 6.07) is 6.10. The molecule has 4 nitrogen and oxygen atoms in total. The summed E-state index contributed by atoms with van der Waals surface area (Å²) in [7, 11) is -3.39. The zero-order valence-corrected chi connectivity index (χ0v) is 15.9. The van der Waals surface area contributed by atoms with Gasteiger partial charge in [-0.1, -0.05) is 43.2 Å². The number of aliphatic hydroxyl groups is 2. The molecule has 2 N–H and O–H groups in total. The van der Waals surface area contributed by atoms with E-state index in [0.29, 0.717) is 30.7 Å². The van der Waals surface area contributed by atoms with E-state index >= 15 is 0 Å². The standard InChI is InChI=1S/C19H25ClO4S/c1-2-4-18(21)15-9-12-19(22,13-10-15)11-3-14-25(23,24)17-7-5-16(20)6-8-17/h5-10,12,18,21-22H,2-4,11,13-14H2,1H3. The van der Waals surface area contributed by atoms with Crippen LogP contribution in [0.2, 0.25) is 5.02 Å². The maximum absolute atomic E-state index is 12.3. The molecule has 0 spiro atoms. The van der Waals surface area contributed by atoms with Crippen molar-refractivity contribution in [2.24, 2.45) is 0 Å². The third-order valence-electron chi connectivity index (χ3n) is 4.42. The van der Waals surface area contributed by atoms with Gasteiger partial charge in [-0.25, -0.2) is 8.42 Å². The van der Waals surface area contributed by atoms with Crippen LogP contribution in [-0.2, 0) is 9.84 Å². The molecule has 0 aromatic heterocycles. The number of halogens is 1. The molecule has 138 valence electrons. The lowest BCUT2D eigenvalue weighted by molar-refractivity contribution is 0.0812. The molecule has 0 saturated heterocycles. The van der Waals surface area contributed by atoms with Gasteiger partial charge in [-0.3, -0.25) is 0 Å². The monoisotopic (exact) mass is 384 g/mol. The normalized spacial score (nSPS) is 21.8. The largest absolute Gasteiger partial charge is 0.388 e. The summed E-state index contributed by atoms with van der Waals surface area (Å²) in [6.07, 6.45) is 7.43.